The molecule has 1 unspecified atom stereocenters. The SMILES string of the molecule is CO[C@@H]1OC(C(=O)NCc2ccc(I)cc2)[C@@H](OC(C)C)[C@H](O)[C@@H]1O. The molecule has 1 amide bonds. The normalized spacial score (nSPS) is 29.6. The average Bonchev–Trinajstić information content (AvgIpc) is 2.58. The average molecular weight is 465 g/mol. The van der Waals surface area contributed by atoms with E-state index in [1.807, 2.05) is 24.3 Å². The Morgan fingerprint density at radius 1 is 1.28 bits per heavy atom. The fourth-order valence-electron chi connectivity index (χ4n) is 2.60. The Labute approximate surface area is 160 Å². The summed E-state index contributed by atoms with van der Waals surface area (Å²) in [6.45, 7) is 3.88. The summed E-state index contributed by atoms with van der Waals surface area (Å²) in [6.07, 6.45) is -6.02. The number of methoxy groups -OCH3 is 1. The molecule has 0 bridgehead atoms. The monoisotopic (exact) mass is 465 g/mol. The van der Waals surface area contributed by atoms with Gasteiger partial charge in [-0.05, 0) is 54.1 Å². The van der Waals surface area contributed by atoms with Gasteiger partial charge in [0.25, 0.3) is 5.91 Å². The molecule has 1 aromatic carbocycles. The minimum Gasteiger partial charge on any atom is -0.387 e. The van der Waals surface area contributed by atoms with E-state index in [2.05, 4.69) is 27.9 Å². The maximum atomic E-state index is 12.6. The van der Waals surface area contributed by atoms with Crippen LogP contribution in [0.3, 0.4) is 0 Å². The van der Waals surface area contributed by atoms with Crippen LogP contribution in [0.25, 0.3) is 0 Å². The predicted molar refractivity (Wildman–Crippen MR) is 98.7 cm³/mol. The molecule has 140 valence electrons. The molecule has 0 aliphatic carbocycles. The van der Waals surface area contributed by atoms with Crippen molar-refractivity contribution in [1.82, 2.24) is 5.32 Å². The van der Waals surface area contributed by atoms with Gasteiger partial charge in [-0.15, -0.1) is 0 Å². The zero-order valence-electron chi connectivity index (χ0n) is 14.4. The summed E-state index contributed by atoms with van der Waals surface area (Å²) in [4.78, 5) is 12.6. The number of benzene rings is 1. The van der Waals surface area contributed by atoms with Crippen LogP contribution in [0.1, 0.15) is 19.4 Å². The van der Waals surface area contributed by atoms with Gasteiger partial charge in [0, 0.05) is 17.2 Å². The summed E-state index contributed by atoms with van der Waals surface area (Å²) in [5.41, 5.74) is 0.940. The van der Waals surface area contributed by atoms with E-state index in [1.165, 1.54) is 7.11 Å². The Morgan fingerprint density at radius 2 is 1.92 bits per heavy atom. The van der Waals surface area contributed by atoms with Crippen molar-refractivity contribution in [3.05, 3.63) is 33.4 Å². The quantitative estimate of drug-likeness (QED) is 0.538. The van der Waals surface area contributed by atoms with Gasteiger partial charge in [-0.3, -0.25) is 4.79 Å². The number of nitrogens with one attached hydrogen (secondary N) is 1. The number of aliphatic hydroxyl groups is 2. The van der Waals surface area contributed by atoms with Crippen molar-refractivity contribution < 1.29 is 29.2 Å². The molecule has 1 aliphatic rings. The summed E-state index contributed by atoms with van der Waals surface area (Å²) in [5.74, 6) is -0.433. The standard InChI is InChI=1S/C17H24INO6/c1-9(2)24-14-12(20)13(21)17(23-3)25-15(14)16(22)19-8-10-4-6-11(18)7-5-10/h4-7,9,12-15,17,20-21H,8H2,1-3H3,(H,19,22)/t12-,13+,14+,15?,17-/m1/s1. The predicted octanol–water partition coefficient (Wildman–Crippen LogP) is 0.794. The lowest BCUT2D eigenvalue weighted by molar-refractivity contribution is -0.294. The van der Waals surface area contributed by atoms with Crippen LogP contribution in [0.4, 0.5) is 0 Å². The van der Waals surface area contributed by atoms with E-state index >= 15 is 0 Å². The molecule has 1 saturated heterocycles. The molecule has 7 nitrogen and oxygen atoms in total. The number of ether oxygens (including phenoxy) is 3. The third-order valence-corrected chi connectivity index (χ3v) is 4.56. The Morgan fingerprint density at radius 3 is 2.48 bits per heavy atom. The van der Waals surface area contributed by atoms with Crippen molar-refractivity contribution in [1.29, 1.82) is 0 Å². The van der Waals surface area contributed by atoms with Gasteiger partial charge in [0.1, 0.15) is 18.3 Å². The van der Waals surface area contributed by atoms with Crippen molar-refractivity contribution in [2.75, 3.05) is 7.11 Å². The molecule has 2 rings (SSSR count). The minimum absolute atomic E-state index is 0.249. The number of halogens is 1. The van der Waals surface area contributed by atoms with E-state index in [1.54, 1.807) is 13.8 Å². The van der Waals surface area contributed by atoms with E-state index in [0.717, 1.165) is 9.13 Å². The van der Waals surface area contributed by atoms with Crippen LogP contribution in [-0.2, 0) is 25.5 Å². The molecule has 3 N–H and O–H groups in total. The first-order valence-corrected chi connectivity index (χ1v) is 9.13. The molecule has 0 saturated carbocycles. The first-order valence-electron chi connectivity index (χ1n) is 8.05. The third-order valence-electron chi connectivity index (χ3n) is 3.84. The Kier molecular flexibility index (Phi) is 7.59. The number of rotatable bonds is 6. The third kappa shape index (κ3) is 5.35. The van der Waals surface area contributed by atoms with Gasteiger partial charge in [-0.25, -0.2) is 0 Å². The van der Waals surface area contributed by atoms with Crippen LogP contribution < -0.4 is 5.32 Å². The smallest absolute Gasteiger partial charge is 0.252 e. The first-order chi connectivity index (χ1) is 11.8. The fourth-order valence-corrected chi connectivity index (χ4v) is 2.96. The largest absolute Gasteiger partial charge is 0.387 e. The van der Waals surface area contributed by atoms with Crippen LogP contribution in [0.15, 0.2) is 24.3 Å². The molecule has 0 aromatic heterocycles. The lowest BCUT2D eigenvalue weighted by Gasteiger charge is -2.41. The summed E-state index contributed by atoms with van der Waals surface area (Å²) in [5, 5.41) is 23.1. The molecule has 5 atom stereocenters. The van der Waals surface area contributed by atoms with Crippen molar-refractivity contribution in [2.24, 2.45) is 0 Å². The highest BCUT2D eigenvalue weighted by Crippen LogP contribution is 2.25. The molecular weight excluding hydrogens is 441 g/mol. The molecule has 1 heterocycles. The molecular formula is C17H24INO6. The van der Waals surface area contributed by atoms with Gasteiger partial charge in [0.05, 0.1) is 6.10 Å². The number of carbonyl (C=O) groups is 1. The lowest BCUT2D eigenvalue weighted by Crippen LogP contribution is -2.63. The van der Waals surface area contributed by atoms with Gasteiger partial charge < -0.3 is 29.7 Å². The summed E-state index contributed by atoms with van der Waals surface area (Å²) < 4.78 is 17.3. The molecule has 1 fully saturated rings. The maximum Gasteiger partial charge on any atom is 0.252 e. The van der Waals surface area contributed by atoms with E-state index in [9.17, 15) is 15.0 Å². The summed E-state index contributed by atoms with van der Waals surface area (Å²) in [6, 6.07) is 7.74. The summed E-state index contributed by atoms with van der Waals surface area (Å²) >= 11 is 2.21. The Hall–Kier alpha value is -0.780. The molecule has 8 heteroatoms. The number of aliphatic hydroxyl groups excluding tert-OH is 2. The van der Waals surface area contributed by atoms with Crippen molar-refractivity contribution in [2.45, 2.75) is 57.2 Å². The van der Waals surface area contributed by atoms with E-state index < -0.39 is 36.6 Å². The number of amides is 1. The number of carbonyl (C=O) groups excluding carboxylic acids is 1. The van der Waals surface area contributed by atoms with E-state index in [-0.39, 0.29) is 6.10 Å². The lowest BCUT2D eigenvalue weighted by atomic mass is 9.97. The summed E-state index contributed by atoms with van der Waals surface area (Å²) in [7, 11) is 1.34. The van der Waals surface area contributed by atoms with Crippen LogP contribution in [0, 0.1) is 3.57 Å². The number of hydrogen-bond donors (Lipinski definition) is 3. The Bertz CT molecular complexity index is 567. The zero-order chi connectivity index (χ0) is 18.6. The van der Waals surface area contributed by atoms with Gasteiger partial charge in [0.2, 0.25) is 0 Å². The van der Waals surface area contributed by atoms with Gasteiger partial charge in [0.15, 0.2) is 12.4 Å². The molecule has 1 aliphatic heterocycles. The zero-order valence-corrected chi connectivity index (χ0v) is 16.5. The van der Waals surface area contributed by atoms with Crippen molar-refractivity contribution in [3.63, 3.8) is 0 Å². The molecule has 1 aromatic rings. The van der Waals surface area contributed by atoms with Gasteiger partial charge >= 0.3 is 0 Å². The van der Waals surface area contributed by atoms with Crippen molar-refractivity contribution >= 4 is 28.5 Å². The van der Waals surface area contributed by atoms with Crippen LogP contribution >= 0.6 is 22.6 Å². The fraction of sp³-hybridized carbons (Fsp3) is 0.588. The van der Waals surface area contributed by atoms with Gasteiger partial charge in [-0.1, -0.05) is 12.1 Å². The van der Waals surface area contributed by atoms with E-state index in [0.29, 0.717) is 6.54 Å². The minimum atomic E-state index is -1.30. The second-order valence-corrected chi connectivity index (χ2v) is 7.38. The molecule has 0 radical (unpaired) electrons. The second kappa shape index (κ2) is 9.24. The highest BCUT2D eigenvalue weighted by Gasteiger charge is 2.48. The van der Waals surface area contributed by atoms with Crippen molar-refractivity contribution in [3.8, 4) is 0 Å². The Balaban J connectivity index is 2.07. The van der Waals surface area contributed by atoms with Crippen LogP contribution in [0.2, 0.25) is 0 Å². The first kappa shape index (κ1) is 20.5. The van der Waals surface area contributed by atoms with Gasteiger partial charge in [-0.2, -0.15) is 0 Å². The topological polar surface area (TPSA) is 97.3 Å². The van der Waals surface area contributed by atoms with E-state index in [4.69, 9.17) is 14.2 Å². The van der Waals surface area contributed by atoms with Crippen LogP contribution in [0.5, 0.6) is 0 Å². The highest BCUT2D eigenvalue weighted by atomic mass is 127. The molecule has 25 heavy (non-hydrogen) atoms. The van der Waals surface area contributed by atoms with Crippen LogP contribution in [-0.4, -0.2) is 60.0 Å². The second-order valence-electron chi connectivity index (χ2n) is 6.14. The maximum absolute atomic E-state index is 12.6. The molecule has 0 spiro atoms. The number of hydrogen-bond acceptors (Lipinski definition) is 6. The highest BCUT2D eigenvalue weighted by molar-refractivity contribution is 14.1.